The highest BCUT2D eigenvalue weighted by Gasteiger charge is 2.58. The Labute approximate surface area is 274 Å². The third-order valence-corrected chi connectivity index (χ3v) is 8.31. The molecule has 0 aromatic heterocycles. The predicted molar refractivity (Wildman–Crippen MR) is 176 cm³/mol. The number of hydrogen-bond acceptors (Lipinski definition) is 8. The van der Waals surface area contributed by atoms with E-state index in [1.165, 1.54) is 25.3 Å². The van der Waals surface area contributed by atoms with Crippen molar-refractivity contribution in [2.45, 2.75) is 57.8 Å². The molecule has 0 saturated carbocycles. The largest absolute Gasteiger partial charge is 0.497 e. The number of amides is 4. The second-order valence-electron chi connectivity index (χ2n) is 11.9. The van der Waals surface area contributed by atoms with Gasteiger partial charge in [0.2, 0.25) is 5.91 Å². The minimum atomic E-state index is -1.47. The zero-order chi connectivity index (χ0) is 34.3. The van der Waals surface area contributed by atoms with Crippen LogP contribution < -0.4 is 20.6 Å². The van der Waals surface area contributed by atoms with Crippen LogP contribution in [-0.2, 0) is 26.5 Å². The molecule has 12 heteroatoms. The third kappa shape index (κ3) is 7.37. The van der Waals surface area contributed by atoms with E-state index in [9.17, 15) is 24.3 Å². The van der Waals surface area contributed by atoms with Gasteiger partial charge in [-0.2, -0.15) is 5.10 Å². The van der Waals surface area contributed by atoms with Crippen LogP contribution in [0.5, 0.6) is 11.5 Å². The van der Waals surface area contributed by atoms with Gasteiger partial charge in [0.05, 0.1) is 32.9 Å². The summed E-state index contributed by atoms with van der Waals surface area (Å²) in [6.07, 6.45) is 1.14. The molecule has 1 heterocycles. The number of nitrogens with zero attached hydrogens (tertiary/aromatic N) is 3. The molecule has 0 aliphatic carbocycles. The number of benzene rings is 3. The van der Waals surface area contributed by atoms with Crippen molar-refractivity contribution in [3.63, 3.8) is 0 Å². The van der Waals surface area contributed by atoms with Gasteiger partial charge in [0, 0.05) is 18.2 Å². The summed E-state index contributed by atoms with van der Waals surface area (Å²) >= 11 is 0. The minimum absolute atomic E-state index is 0.102. The molecule has 4 rings (SSSR count). The standard InChI is InChI=1S/C35H41N5O7/c1-22(2)17-29(32(43)38-28(19-31(41)42)27-16-15-26(46-4)18-30(27)47-5)40-33(44)35(3,25-13-11-23(12-14-25)20-37-36)39(34(40)45)21-24-9-7-6-8-10-24/h6-16,18,20,22,28-29H,17,19,21,36H2,1-5H3,(H,38,43)(H,41,42)/t28-,29-,35+/m1/s1. The van der Waals surface area contributed by atoms with Crippen molar-refractivity contribution < 1.29 is 33.8 Å². The number of imide groups is 1. The average molecular weight is 644 g/mol. The molecule has 47 heavy (non-hydrogen) atoms. The van der Waals surface area contributed by atoms with E-state index in [1.807, 2.05) is 44.2 Å². The van der Waals surface area contributed by atoms with Gasteiger partial charge in [-0.3, -0.25) is 14.4 Å². The molecule has 4 N–H and O–H groups in total. The lowest BCUT2D eigenvalue weighted by atomic mass is 9.88. The van der Waals surface area contributed by atoms with Crippen LogP contribution in [0, 0.1) is 5.92 Å². The maximum absolute atomic E-state index is 14.6. The van der Waals surface area contributed by atoms with Gasteiger partial charge in [0.1, 0.15) is 23.1 Å². The molecule has 12 nitrogen and oxygen atoms in total. The molecule has 0 unspecified atom stereocenters. The first-order valence-corrected chi connectivity index (χ1v) is 15.2. The Morgan fingerprint density at radius 2 is 1.70 bits per heavy atom. The van der Waals surface area contributed by atoms with Crippen LogP contribution in [0.25, 0.3) is 0 Å². The first-order valence-electron chi connectivity index (χ1n) is 15.2. The Morgan fingerprint density at radius 3 is 2.28 bits per heavy atom. The Morgan fingerprint density at radius 1 is 1.02 bits per heavy atom. The number of carboxylic acids is 1. The van der Waals surface area contributed by atoms with Crippen molar-refractivity contribution in [1.82, 2.24) is 15.1 Å². The number of methoxy groups -OCH3 is 2. The first-order chi connectivity index (χ1) is 22.4. The Hall–Kier alpha value is -5.39. The summed E-state index contributed by atoms with van der Waals surface area (Å²) < 4.78 is 10.8. The van der Waals surface area contributed by atoms with Gasteiger partial charge in [-0.05, 0) is 48.1 Å². The van der Waals surface area contributed by atoms with Gasteiger partial charge < -0.3 is 30.6 Å². The van der Waals surface area contributed by atoms with E-state index in [-0.39, 0.29) is 18.9 Å². The Bertz CT molecular complexity index is 1630. The molecule has 0 bridgehead atoms. The highest BCUT2D eigenvalue weighted by atomic mass is 16.5. The van der Waals surface area contributed by atoms with Crippen LogP contribution in [0.4, 0.5) is 4.79 Å². The smallest absolute Gasteiger partial charge is 0.329 e. The van der Waals surface area contributed by atoms with Crippen molar-refractivity contribution >= 4 is 30.0 Å². The third-order valence-electron chi connectivity index (χ3n) is 8.31. The van der Waals surface area contributed by atoms with Crippen molar-refractivity contribution in [3.05, 3.63) is 95.1 Å². The highest BCUT2D eigenvalue weighted by Crippen LogP contribution is 2.41. The number of carboxylic acid groups (broad SMARTS) is 1. The van der Waals surface area contributed by atoms with E-state index in [4.69, 9.17) is 15.3 Å². The molecular weight excluding hydrogens is 602 g/mol. The van der Waals surface area contributed by atoms with Crippen LogP contribution in [-0.4, -0.2) is 65.2 Å². The molecule has 3 aromatic carbocycles. The Balaban J connectivity index is 1.78. The van der Waals surface area contributed by atoms with Gasteiger partial charge in [-0.15, -0.1) is 0 Å². The molecule has 248 valence electrons. The fourth-order valence-electron chi connectivity index (χ4n) is 5.85. The van der Waals surface area contributed by atoms with E-state index in [2.05, 4.69) is 10.4 Å². The van der Waals surface area contributed by atoms with E-state index in [1.54, 1.807) is 49.4 Å². The predicted octanol–water partition coefficient (Wildman–Crippen LogP) is 4.42. The molecular formula is C35H41N5O7. The summed E-state index contributed by atoms with van der Waals surface area (Å²) in [5.41, 5.74) is 0.979. The lowest BCUT2D eigenvalue weighted by Crippen LogP contribution is -2.52. The fourth-order valence-corrected chi connectivity index (χ4v) is 5.85. The van der Waals surface area contributed by atoms with Gasteiger partial charge in [-0.1, -0.05) is 68.4 Å². The molecule has 1 aliphatic rings. The summed E-state index contributed by atoms with van der Waals surface area (Å²) in [6.45, 7) is 5.53. The summed E-state index contributed by atoms with van der Waals surface area (Å²) in [6, 6.07) is 18.2. The number of hydrogen-bond donors (Lipinski definition) is 3. The Kier molecular flexibility index (Phi) is 10.9. The second-order valence-corrected chi connectivity index (χ2v) is 11.9. The monoisotopic (exact) mass is 643 g/mol. The molecule has 1 aliphatic heterocycles. The number of carbonyl (C=O) groups excluding carboxylic acids is 3. The molecule has 4 amide bonds. The number of nitrogens with one attached hydrogen (secondary N) is 1. The van der Waals surface area contributed by atoms with Crippen LogP contribution in [0.15, 0.2) is 77.9 Å². The quantitative estimate of drug-likeness (QED) is 0.101. The zero-order valence-electron chi connectivity index (χ0n) is 27.2. The van der Waals surface area contributed by atoms with Crippen molar-refractivity contribution in [1.29, 1.82) is 0 Å². The van der Waals surface area contributed by atoms with Gasteiger partial charge >= 0.3 is 12.0 Å². The topological polar surface area (TPSA) is 164 Å². The van der Waals surface area contributed by atoms with E-state index in [0.29, 0.717) is 28.2 Å². The second kappa shape index (κ2) is 14.8. The number of hydrazone groups is 1. The minimum Gasteiger partial charge on any atom is -0.497 e. The average Bonchev–Trinajstić information content (AvgIpc) is 3.24. The molecule has 3 aromatic rings. The number of aliphatic carboxylic acids is 1. The van der Waals surface area contributed by atoms with Gasteiger partial charge in [0.25, 0.3) is 5.91 Å². The van der Waals surface area contributed by atoms with Crippen LogP contribution in [0.2, 0.25) is 0 Å². The maximum Gasteiger partial charge on any atom is 0.329 e. The van der Waals surface area contributed by atoms with Crippen LogP contribution in [0.3, 0.4) is 0 Å². The lowest BCUT2D eigenvalue weighted by Gasteiger charge is -2.32. The van der Waals surface area contributed by atoms with Crippen molar-refractivity contribution in [2.24, 2.45) is 16.9 Å². The normalized spacial score (nSPS) is 17.7. The van der Waals surface area contributed by atoms with E-state index < -0.39 is 47.9 Å². The summed E-state index contributed by atoms with van der Waals surface area (Å²) in [5.74, 6) is 3.61. The van der Waals surface area contributed by atoms with Crippen molar-refractivity contribution in [3.8, 4) is 11.5 Å². The number of ether oxygens (including phenoxy) is 2. The maximum atomic E-state index is 14.6. The van der Waals surface area contributed by atoms with E-state index in [0.717, 1.165) is 10.5 Å². The van der Waals surface area contributed by atoms with Crippen molar-refractivity contribution in [2.75, 3.05) is 14.2 Å². The molecule has 0 spiro atoms. The van der Waals surface area contributed by atoms with Gasteiger partial charge in [0.15, 0.2) is 0 Å². The molecule has 0 radical (unpaired) electrons. The SMILES string of the molecule is COc1ccc([C@@H](CC(=O)O)NC(=O)[C@@H](CC(C)C)N2C(=O)N(Cc3ccccc3)[C@@](C)(c3ccc(C=NN)cc3)C2=O)c(OC)c1. The first kappa shape index (κ1) is 34.5. The molecule has 3 atom stereocenters. The molecule has 1 saturated heterocycles. The fraction of sp³-hybridized carbons (Fsp3) is 0.343. The van der Waals surface area contributed by atoms with Gasteiger partial charge in [-0.25, -0.2) is 9.69 Å². The summed E-state index contributed by atoms with van der Waals surface area (Å²) in [7, 11) is 2.92. The number of carbonyl (C=O) groups is 4. The number of nitrogens with two attached hydrogens (primary N) is 1. The lowest BCUT2D eigenvalue weighted by molar-refractivity contribution is -0.141. The number of rotatable bonds is 14. The zero-order valence-corrected chi connectivity index (χ0v) is 27.2. The van der Waals surface area contributed by atoms with E-state index >= 15 is 0 Å². The number of urea groups is 1. The van der Waals surface area contributed by atoms with Crippen LogP contribution in [0.1, 0.15) is 61.9 Å². The summed E-state index contributed by atoms with van der Waals surface area (Å²) in [5, 5.41) is 16.1. The summed E-state index contributed by atoms with van der Waals surface area (Å²) in [4.78, 5) is 57.7. The molecule has 1 fully saturated rings. The highest BCUT2D eigenvalue weighted by molar-refractivity contribution is 6.10. The van der Waals surface area contributed by atoms with Crippen LogP contribution >= 0.6 is 0 Å².